The normalized spacial score (nSPS) is 11.5. The topological polar surface area (TPSA) is 88.1 Å². The number of oxime groups is 1. The number of aryl methyl sites for hydroxylation is 1. The standard InChI is InChI=1S/C26H26N6O3/c1-17-18(2)31(14-19-8-6-5-7-9-19)25-24(17)26-29-23(30-32(26)16-27-25)15-35-28-13-20-10-11-21(33-3)22(12-20)34-4/h5-13,16H,14-15H2,1-4H3. The maximum absolute atomic E-state index is 5.47. The van der Waals surface area contributed by atoms with Crippen molar-refractivity contribution >= 4 is 22.9 Å². The van der Waals surface area contributed by atoms with Crippen LogP contribution in [0.15, 0.2) is 60.0 Å². The van der Waals surface area contributed by atoms with Crippen LogP contribution in [0, 0.1) is 13.8 Å². The van der Waals surface area contributed by atoms with Gasteiger partial charge in [0.25, 0.3) is 0 Å². The van der Waals surface area contributed by atoms with Gasteiger partial charge in [0.15, 0.2) is 29.6 Å². The quantitative estimate of drug-likeness (QED) is 0.248. The van der Waals surface area contributed by atoms with Gasteiger partial charge < -0.3 is 18.9 Å². The minimum absolute atomic E-state index is 0.135. The van der Waals surface area contributed by atoms with Crippen molar-refractivity contribution in [2.24, 2.45) is 5.16 Å². The molecular weight excluding hydrogens is 444 g/mol. The minimum atomic E-state index is 0.135. The number of rotatable bonds is 8. The Labute approximate surface area is 202 Å². The third kappa shape index (κ3) is 4.28. The first kappa shape index (κ1) is 22.4. The lowest BCUT2D eigenvalue weighted by atomic mass is 10.2. The molecule has 9 nitrogen and oxygen atoms in total. The summed E-state index contributed by atoms with van der Waals surface area (Å²) in [4.78, 5) is 14.9. The van der Waals surface area contributed by atoms with E-state index in [-0.39, 0.29) is 6.61 Å². The molecule has 5 aromatic rings. The second-order valence-electron chi connectivity index (χ2n) is 8.14. The van der Waals surface area contributed by atoms with Crippen LogP contribution in [-0.4, -0.2) is 44.6 Å². The molecule has 0 spiro atoms. The lowest BCUT2D eigenvalue weighted by Crippen LogP contribution is -2.03. The third-order valence-electron chi connectivity index (χ3n) is 6.05. The number of ether oxygens (including phenoxy) is 2. The fourth-order valence-electron chi connectivity index (χ4n) is 4.12. The molecule has 0 aliphatic heterocycles. The van der Waals surface area contributed by atoms with Gasteiger partial charge in [0.05, 0.1) is 25.8 Å². The summed E-state index contributed by atoms with van der Waals surface area (Å²) >= 11 is 0. The molecule has 2 aromatic carbocycles. The van der Waals surface area contributed by atoms with Crippen molar-refractivity contribution in [1.82, 2.24) is 24.1 Å². The molecule has 35 heavy (non-hydrogen) atoms. The number of nitrogens with zero attached hydrogens (tertiary/aromatic N) is 6. The molecule has 0 aliphatic carbocycles. The van der Waals surface area contributed by atoms with E-state index in [1.54, 1.807) is 31.3 Å². The highest BCUT2D eigenvalue weighted by Crippen LogP contribution is 2.28. The number of hydrogen-bond acceptors (Lipinski definition) is 7. The van der Waals surface area contributed by atoms with Gasteiger partial charge in [0.1, 0.15) is 12.0 Å². The number of hydrogen-bond donors (Lipinski definition) is 0. The molecule has 3 aromatic heterocycles. The highest BCUT2D eigenvalue weighted by molar-refractivity contribution is 5.94. The Morgan fingerprint density at radius 1 is 0.971 bits per heavy atom. The lowest BCUT2D eigenvalue weighted by molar-refractivity contribution is 0.126. The SMILES string of the molecule is COc1ccc(C=NOCc2nc3c4c(C)c(C)n(Cc5ccccc5)c4ncn3n2)cc1OC. The molecule has 0 radical (unpaired) electrons. The number of aromatic nitrogens is 5. The zero-order valence-corrected chi connectivity index (χ0v) is 20.1. The van der Waals surface area contributed by atoms with Crippen molar-refractivity contribution < 1.29 is 14.3 Å². The average Bonchev–Trinajstić information content (AvgIpc) is 3.41. The predicted molar refractivity (Wildman–Crippen MR) is 133 cm³/mol. The molecule has 0 atom stereocenters. The Hall–Kier alpha value is -4.40. The first-order chi connectivity index (χ1) is 17.1. The second-order valence-corrected chi connectivity index (χ2v) is 8.14. The van der Waals surface area contributed by atoms with Crippen molar-refractivity contribution in [3.8, 4) is 11.5 Å². The smallest absolute Gasteiger partial charge is 0.192 e. The van der Waals surface area contributed by atoms with Crippen LogP contribution in [0.3, 0.4) is 0 Å². The van der Waals surface area contributed by atoms with Crippen LogP contribution >= 0.6 is 0 Å². The van der Waals surface area contributed by atoms with E-state index in [4.69, 9.17) is 24.3 Å². The van der Waals surface area contributed by atoms with Gasteiger partial charge in [-0.15, -0.1) is 5.10 Å². The Kier molecular flexibility index (Phi) is 6.05. The van der Waals surface area contributed by atoms with Crippen LogP contribution in [0.25, 0.3) is 16.7 Å². The highest BCUT2D eigenvalue weighted by Gasteiger charge is 2.18. The maximum atomic E-state index is 5.47. The molecule has 0 unspecified atom stereocenters. The van der Waals surface area contributed by atoms with E-state index in [0.29, 0.717) is 17.3 Å². The molecule has 0 N–H and O–H groups in total. The van der Waals surface area contributed by atoms with Gasteiger partial charge in [-0.25, -0.2) is 14.5 Å². The first-order valence-corrected chi connectivity index (χ1v) is 11.2. The molecular formula is C26H26N6O3. The number of fused-ring (bicyclic) bond motifs is 3. The van der Waals surface area contributed by atoms with Gasteiger partial charge in [-0.3, -0.25) is 0 Å². The summed E-state index contributed by atoms with van der Waals surface area (Å²) in [6.07, 6.45) is 3.30. The van der Waals surface area contributed by atoms with Crippen molar-refractivity contribution in [1.29, 1.82) is 0 Å². The van der Waals surface area contributed by atoms with Crippen LogP contribution in [-0.2, 0) is 18.0 Å². The lowest BCUT2D eigenvalue weighted by Gasteiger charge is -2.07. The summed E-state index contributed by atoms with van der Waals surface area (Å²) in [5, 5.41) is 9.57. The summed E-state index contributed by atoms with van der Waals surface area (Å²) in [5.41, 5.74) is 5.98. The van der Waals surface area contributed by atoms with Gasteiger partial charge >= 0.3 is 0 Å². The second kappa shape index (κ2) is 9.46. The number of methoxy groups -OCH3 is 2. The maximum Gasteiger partial charge on any atom is 0.192 e. The fourth-order valence-corrected chi connectivity index (χ4v) is 4.12. The van der Waals surface area contributed by atoms with Gasteiger partial charge in [-0.2, -0.15) is 0 Å². The van der Waals surface area contributed by atoms with E-state index in [1.807, 2.05) is 36.4 Å². The zero-order chi connectivity index (χ0) is 24.4. The molecule has 0 saturated heterocycles. The van der Waals surface area contributed by atoms with Crippen LogP contribution in [0.1, 0.15) is 28.2 Å². The molecule has 0 aliphatic rings. The van der Waals surface area contributed by atoms with Crippen LogP contribution in [0.2, 0.25) is 0 Å². The number of benzene rings is 2. The molecule has 3 heterocycles. The molecule has 9 heteroatoms. The first-order valence-electron chi connectivity index (χ1n) is 11.2. The summed E-state index contributed by atoms with van der Waals surface area (Å²) < 4.78 is 14.5. The Balaban J connectivity index is 1.37. The van der Waals surface area contributed by atoms with E-state index in [0.717, 1.165) is 40.0 Å². The van der Waals surface area contributed by atoms with Crippen LogP contribution in [0.4, 0.5) is 0 Å². The predicted octanol–water partition coefficient (Wildman–Crippen LogP) is 4.31. The van der Waals surface area contributed by atoms with Gasteiger partial charge in [-0.1, -0.05) is 35.5 Å². The summed E-state index contributed by atoms with van der Waals surface area (Å²) in [7, 11) is 3.19. The molecule has 178 valence electrons. The van der Waals surface area contributed by atoms with Gasteiger partial charge in [0.2, 0.25) is 0 Å². The molecule has 0 fully saturated rings. The Morgan fingerprint density at radius 3 is 2.54 bits per heavy atom. The largest absolute Gasteiger partial charge is 0.493 e. The zero-order valence-electron chi connectivity index (χ0n) is 20.1. The minimum Gasteiger partial charge on any atom is -0.493 e. The van der Waals surface area contributed by atoms with Crippen LogP contribution in [0.5, 0.6) is 11.5 Å². The molecule has 0 bridgehead atoms. The average molecular weight is 471 g/mol. The summed E-state index contributed by atoms with van der Waals surface area (Å²) in [6, 6.07) is 15.9. The van der Waals surface area contributed by atoms with E-state index in [1.165, 1.54) is 5.56 Å². The Bertz CT molecular complexity index is 1520. The van der Waals surface area contributed by atoms with Crippen LogP contribution < -0.4 is 9.47 Å². The van der Waals surface area contributed by atoms with E-state index < -0.39 is 0 Å². The summed E-state index contributed by atoms with van der Waals surface area (Å²) in [6.45, 7) is 5.09. The van der Waals surface area contributed by atoms with Crippen molar-refractivity contribution in [3.05, 3.63) is 83.1 Å². The fraction of sp³-hybridized carbons (Fsp3) is 0.231. The van der Waals surface area contributed by atoms with E-state index in [2.05, 4.69) is 40.8 Å². The van der Waals surface area contributed by atoms with E-state index >= 15 is 0 Å². The Morgan fingerprint density at radius 2 is 1.77 bits per heavy atom. The molecule has 5 rings (SSSR count). The van der Waals surface area contributed by atoms with Crippen molar-refractivity contribution in [2.75, 3.05) is 14.2 Å². The van der Waals surface area contributed by atoms with E-state index in [9.17, 15) is 0 Å². The summed E-state index contributed by atoms with van der Waals surface area (Å²) in [5.74, 6) is 1.80. The van der Waals surface area contributed by atoms with Gasteiger partial charge in [-0.05, 0) is 43.2 Å². The van der Waals surface area contributed by atoms with Gasteiger partial charge in [0, 0.05) is 17.8 Å². The third-order valence-corrected chi connectivity index (χ3v) is 6.05. The van der Waals surface area contributed by atoms with Crippen molar-refractivity contribution in [2.45, 2.75) is 27.0 Å². The van der Waals surface area contributed by atoms with Crippen molar-refractivity contribution in [3.63, 3.8) is 0 Å². The molecule has 0 saturated carbocycles. The monoisotopic (exact) mass is 470 g/mol. The molecule has 0 amide bonds. The highest BCUT2D eigenvalue weighted by atomic mass is 16.6.